The molecule has 0 bridgehead atoms. The predicted octanol–water partition coefficient (Wildman–Crippen LogP) is 3.22. The summed E-state index contributed by atoms with van der Waals surface area (Å²) in [6.45, 7) is 5.81. The Hall–Kier alpha value is -2.66. The molecule has 0 aliphatic heterocycles. The highest BCUT2D eigenvalue weighted by Gasteiger charge is 2.19. The first-order valence-corrected chi connectivity index (χ1v) is 9.19. The fourth-order valence-corrected chi connectivity index (χ4v) is 2.76. The lowest BCUT2D eigenvalue weighted by Gasteiger charge is -2.25. The minimum atomic E-state index is -0.283. The first kappa shape index (κ1) is 20.6. The standard InChI is InChI=1S/C22H29N3O2/c1-17-9-5-7-11-19(17)16-25(14-13-24(3)4)22(27)15-21(26)23-20-12-8-6-10-18(20)2/h5-12H,13-16H2,1-4H3,(H,23,26). The maximum absolute atomic E-state index is 12.8. The summed E-state index contributed by atoms with van der Waals surface area (Å²) in [6, 6.07) is 15.6. The third-order valence-electron chi connectivity index (χ3n) is 4.52. The highest BCUT2D eigenvalue weighted by atomic mass is 16.2. The van der Waals surface area contributed by atoms with E-state index in [9.17, 15) is 9.59 Å². The van der Waals surface area contributed by atoms with Crippen LogP contribution in [0, 0.1) is 13.8 Å². The molecule has 0 aliphatic rings. The molecule has 27 heavy (non-hydrogen) atoms. The van der Waals surface area contributed by atoms with E-state index in [0.29, 0.717) is 13.1 Å². The van der Waals surface area contributed by atoms with Crippen molar-refractivity contribution >= 4 is 17.5 Å². The van der Waals surface area contributed by atoms with Crippen molar-refractivity contribution in [2.24, 2.45) is 0 Å². The highest BCUT2D eigenvalue weighted by molar-refractivity contribution is 6.03. The van der Waals surface area contributed by atoms with Crippen LogP contribution < -0.4 is 5.32 Å². The number of carbonyl (C=O) groups is 2. The molecule has 0 saturated heterocycles. The molecule has 2 amide bonds. The largest absolute Gasteiger partial charge is 0.337 e. The van der Waals surface area contributed by atoms with E-state index in [0.717, 1.165) is 28.9 Å². The Morgan fingerprint density at radius 3 is 2.15 bits per heavy atom. The monoisotopic (exact) mass is 367 g/mol. The summed E-state index contributed by atoms with van der Waals surface area (Å²) in [7, 11) is 3.95. The van der Waals surface area contributed by atoms with Gasteiger partial charge in [-0.15, -0.1) is 0 Å². The van der Waals surface area contributed by atoms with Gasteiger partial charge in [0.25, 0.3) is 0 Å². The second kappa shape index (κ2) is 9.88. The van der Waals surface area contributed by atoms with Crippen LogP contribution in [0.15, 0.2) is 48.5 Å². The van der Waals surface area contributed by atoms with Crippen molar-refractivity contribution in [3.63, 3.8) is 0 Å². The zero-order valence-corrected chi connectivity index (χ0v) is 16.7. The summed E-state index contributed by atoms with van der Waals surface area (Å²) in [6.07, 6.45) is -0.159. The number of rotatable bonds is 8. The molecule has 0 atom stereocenters. The molecule has 0 aromatic heterocycles. The van der Waals surface area contributed by atoms with Crippen molar-refractivity contribution in [2.75, 3.05) is 32.5 Å². The van der Waals surface area contributed by atoms with E-state index >= 15 is 0 Å². The summed E-state index contributed by atoms with van der Waals surface area (Å²) in [5, 5.41) is 2.84. The minimum absolute atomic E-state index is 0.159. The number of carbonyl (C=O) groups excluding carboxylic acids is 2. The third kappa shape index (κ3) is 6.53. The number of hydrogen-bond acceptors (Lipinski definition) is 3. The van der Waals surface area contributed by atoms with Crippen LogP contribution in [0.2, 0.25) is 0 Å². The Kier molecular flexibility index (Phi) is 7.55. The molecule has 2 aromatic rings. The van der Waals surface area contributed by atoms with Crippen molar-refractivity contribution in [1.29, 1.82) is 0 Å². The van der Waals surface area contributed by atoms with Crippen LogP contribution in [0.1, 0.15) is 23.1 Å². The molecule has 2 aromatic carbocycles. The lowest BCUT2D eigenvalue weighted by molar-refractivity contribution is -0.135. The number of nitrogens with one attached hydrogen (secondary N) is 1. The van der Waals surface area contributed by atoms with Crippen molar-refractivity contribution in [3.05, 3.63) is 65.2 Å². The molecular formula is C22H29N3O2. The molecule has 5 nitrogen and oxygen atoms in total. The van der Waals surface area contributed by atoms with Crippen LogP contribution in [-0.2, 0) is 16.1 Å². The van der Waals surface area contributed by atoms with Gasteiger partial charge in [0, 0.05) is 25.3 Å². The lowest BCUT2D eigenvalue weighted by Crippen LogP contribution is -2.38. The van der Waals surface area contributed by atoms with Gasteiger partial charge >= 0.3 is 0 Å². The van der Waals surface area contributed by atoms with E-state index in [1.54, 1.807) is 4.90 Å². The van der Waals surface area contributed by atoms with Gasteiger partial charge in [-0.05, 0) is 50.7 Å². The third-order valence-corrected chi connectivity index (χ3v) is 4.52. The molecule has 0 saturated carbocycles. The number of aryl methyl sites for hydroxylation is 2. The molecule has 0 aliphatic carbocycles. The van der Waals surface area contributed by atoms with Gasteiger partial charge in [0.05, 0.1) is 0 Å². The van der Waals surface area contributed by atoms with Gasteiger partial charge in [-0.25, -0.2) is 0 Å². The normalized spacial score (nSPS) is 10.7. The summed E-state index contributed by atoms with van der Waals surface area (Å²) < 4.78 is 0. The number of benzene rings is 2. The first-order valence-electron chi connectivity index (χ1n) is 9.19. The Morgan fingerprint density at radius 2 is 1.52 bits per heavy atom. The first-order chi connectivity index (χ1) is 12.9. The quantitative estimate of drug-likeness (QED) is 0.729. The van der Waals surface area contributed by atoms with Crippen LogP contribution in [0.25, 0.3) is 0 Å². The number of likely N-dealkylation sites (N-methyl/N-ethyl adjacent to an activating group) is 1. The van der Waals surface area contributed by atoms with Crippen molar-refractivity contribution in [2.45, 2.75) is 26.8 Å². The Labute approximate surface area is 162 Å². The summed E-state index contributed by atoms with van der Waals surface area (Å²) in [4.78, 5) is 29.0. The molecule has 144 valence electrons. The van der Waals surface area contributed by atoms with Gasteiger partial charge in [-0.3, -0.25) is 9.59 Å². The van der Waals surface area contributed by atoms with Crippen LogP contribution in [0.4, 0.5) is 5.69 Å². The fourth-order valence-electron chi connectivity index (χ4n) is 2.76. The molecule has 1 N–H and O–H groups in total. The molecule has 0 radical (unpaired) electrons. The zero-order chi connectivity index (χ0) is 19.8. The Morgan fingerprint density at radius 1 is 0.889 bits per heavy atom. The van der Waals surface area contributed by atoms with Crippen LogP contribution in [-0.4, -0.2) is 48.8 Å². The van der Waals surface area contributed by atoms with Crippen molar-refractivity contribution < 1.29 is 9.59 Å². The lowest BCUT2D eigenvalue weighted by atomic mass is 10.1. The fraction of sp³-hybridized carbons (Fsp3) is 0.364. The van der Waals surface area contributed by atoms with Crippen molar-refractivity contribution in [1.82, 2.24) is 9.80 Å². The molecule has 0 heterocycles. The number of anilines is 1. The van der Waals surface area contributed by atoms with Gasteiger partial charge in [0.15, 0.2) is 0 Å². The highest BCUT2D eigenvalue weighted by Crippen LogP contribution is 2.15. The van der Waals surface area contributed by atoms with Gasteiger partial charge in [-0.1, -0.05) is 42.5 Å². The maximum atomic E-state index is 12.8. The number of hydrogen-bond donors (Lipinski definition) is 1. The number of para-hydroxylation sites is 1. The molecule has 5 heteroatoms. The van der Waals surface area contributed by atoms with E-state index in [-0.39, 0.29) is 18.2 Å². The van der Waals surface area contributed by atoms with Crippen LogP contribution >= 0.6 is 0 Å². The summed E-state index contributed by atoms with van der Waals surface area (Å²) in [5.74, 6) is -0.444. The SMILES string of the molecule is Cc1ccccc1CN(CCN(C)C)C(=O)CC(=O)Nc1ccccc1C. The topological polar surface area (TPSA) is 52.7 Å². The second-order valence-electron chi connectivity index (χ2n) is 7.08. The number of amides is 2. The predicted molar refractivity (Wildman–Crippen MR) is 110 cm³/mol. The number of nitrogens with zero attached hydrogens (tertiary/aromatic N) is 2. The van der Waals surface area contributed by atoms with Crippen LogP contribution in [0.3, 0.4) is 0 Å². The van der Waals surface area contributed by atoms with E-state index in [1.807, 2.05) is 81.4 Å². The summed E-state index contributed by atoms with van der Waals surface area (Å²) in [5.41, 5.74) is 3.96. The maximum Gasteiger partial charge on any atom is 0.233 e. The molecule has 0 unspecified atom stereocenters. The smallest absolute Gasteiger partial charge is 0.233 e. The minimum Gasteiger partial charge on any atom is -0.337 e. The van der Waals surface area contributed by atoms with Crippen molar-refractivity contribution in [3.8, 4) is 0 Å². The molecule has 0 spiro atoms. The van der Waals surface area contributed by atoms with E-state index < -0.39 is 0 Å². The van der Waals surface area contributed by atoms with E-state index in [2.05, 4.69) is 5.32 Å². The zero-order valence-electron chi connectivity index (χ0n) is 16.7. The van der Waals surface area contributed by atoms with Gasteiger partial charge < -0.3 is 15.1 Å². The van der Waals surface area contributed by atoms with Crippen LogP contribution in [0.5, 0.6) is 0 Å². The van der Waals surface area contributed by atoms with Gasteiger partial charge in [0.2, 0.25) is 11.8 Å². The Balaban J connectivity index is 2.05. The molecule has 2 rings (SSSR count). The second-order valence-corrected chi connectivity index (χ2v) is 7.08. The Bertz CT molecular complexity index is 787. The summed E-state index contributed by atoms with van der Waals surface area (Å²) >= 11 is 0. The van der Waals surface area contributed by atoms with Gasteiger partial charge in [0.1, 0.15) is 6.42 Å². The van der Waals surface area contributed by atoms with E-state index in [1.165, 1.54) is 0 Å². The van der Waals surface area contributed by atoms with E-state index in [4.69, 9.17) is 0 Å². The van der Waals surface area contributed by atoms with Gasteiger partial charge in [-0.2, -0.15) is 0 Å². The average molecular weight is 367 g/mol. The molecule has 0 fully saturated rings. The average Bonchev–Trinajstić information content (AvgIpc) is 2.61. The molecular weight excluding hydrogens is 338 g/mol.